The van der Waals surface area contributed by atoms with Gasteiger partial charge in [0.15, 0.2) is 0 Å². The van der Waals surface area contributed by atoms with Gasteiger partial charge in [0.1, 0.15) is 0 Å². The Kier molecular flexibility index (Phi) is 4.52. The molecule has 0 bridgehead atoms. The van der Waals surface area contributed by atoms with Crippen LogP contribution >= 0.6 is 23.7 Å². The van der Waals surface area contributed by atoms with Crippen molar-refractivity contribution in [2.75, 3.05) is 6.54 Å². The van der Waals surface area contributed by atoms with Crippen LogP contribution in [-0.2, 0) is 13.1 Å². The predicted molar refractivity (Wildman–Crippen MR) is 91.6 cm³/mol. The molecule has 0 radical (unpaired) electrons. The molecule has 1 saturated heterocycles. The van der Waals surface area contributed by atoms with Crippen LogP contribution in [0.15, 0.2) is 35.0 Å². The van der Waals surface area contributed by atoms with E-state index >= 15 is 0 Å². The van der Waals surface area contributed by atoms with Crippen molar-refractivity contribution in [1.29, 1.82) is 0 Å². The maximum atomic E-state index is 12.9. The Morgan fingerprint density at radius 1 is 1.23 bits per heavy atom. The smallest absolute Gasteiger partial charge is 0.254 e. The molecule has 3 heterocycles. The van der Waals surface area contributed by atoms with E-state index in [0.29, 0.717) is 0 Å². The van der Waals surface area contributed by atoms with Gasteiger partial charge < -0.3 is 10.2 Å². The Morgan fingerprint density at radius 3 is 2.91 bits per heavy atom. The van der Waals surface area contributed by atoms with Crippen LogP contribution in [0.5, 0.6) is 0 Å². The fourth-order valence-electron chi connectivity index (χ4n) is 3.41. The van der Waals surface area contributed by atoms with Gasteiger partial charge in [0.05, 0.1) is 6.04 Å². The van der Waals surface area contributed by atoms with Crippen molar-refractivity contribution in [2.45, 2.75) is 32.0 Å². The van der Waals surface area contributed by atoms with Crippen LogP contribution in [0, 0.1) is 0 Å². The molecule has 4 rings (SSSR count). The van der Waals surface area contributed by atoms with Gasteiger partial charge in [0.25, 0.3) is 5.91 Å². The lowest BCUT2D eigenvalue weighted by molar-refractivity contribution is 0.0736. The number of nitrogens with zero attached hydrogens (tertiary/aromatic N) is 1. The summed E-state index contributed by atoms with van der Waals surface area (Å²) < 4.78 is 0. The second-order valence-corrected chi connectivity index (χ2v) is 6.58. The second kappa shape index (κ2) is 6.41. The molecule has 1 unspecified atom stereocenters. The molecule has 1 aromatic carbocycles. The van der Waals surface area contributed by atoms with Gasteiger partial charge in [-0.05, 0) is 58.5 Å². The maximum absolute atomic E-state index is 12.9. The second-order valence-electron chi connectivity index (χ2n) is 5.80. The molecule has 3 nitrogen and oxygen atoms in total. The quantitative estimate of drug-likeness (QED) is 0.907. The average molecular weight is 335 g/mol. The lowest BCUT2D eigenvalue weighted by Gasteiger charge is -2.24. The fourth-order valence-corrected chi connectivity index (χ4v) is 4.12. The standard InChI is InChI=1S/C17H18N2OS.ClH/c20-17(12-3-4-13-9-18-10-15(13)8-12)19-6-1-2-16(19)14-5-7-21-11-14;/h3-5,7-8,11,16,18H,1-2,6,9-10H2;1H. The third-order valence-corrected chi connectivity index (χ3v) is 5.23. The number of carbonyl (C=O) groups excluding carboxylic acids is 1. The van der Waals surface area contributed by atoms with E-state index in [-0.39, 0.29) is 24.4 Å². The number of benzene rings is 1. The van der Waals surface area contributed by atoms with Gasteiger partial charge in [-0.3, -0.25) is 4.79 Å². The van der Waals surface area contributed by atoms with Gasteiger partial charge in [-0.25, -0.2) is 0 Å². The minimum atomic E-state index is 0. The first-order valence-corrected chi connectivity index (χ1v) is 8.43. The molecule has 22 heavy (non-hydrogen) atoms. The Bertz CT molecular complexity index is 671. The minimum absolute atomic E-state index is 0. The summed E-state index contributed by atoms with van der Waals surface area (Å²) in [6.07, 6.45) is 2.17. The summed E-state index contributed by atoms with van der Waals surface area (Å²) in [6, 6.07) is 8.55. The number of amides is 1. The molecule has 1 N–H and O–H groups in total. The number of fused-ring (bicyclic) bond motifs is 1. The zero-order valence-electron chi connectivity index (χ0n) is 12.2. The largest absolute Gasteiger partial charge is 0.332 e. The Balaban J connectivity index is 0.00000144. The molecule has 1 amide bonds. The van der Waals surface area contributed by atoms with Gasteiger partial charge in [-0.1, -0.05) is 6.07 Å². The summed E-state index contributed by atoms with van der Waals surface area (Å²) in [7, 11) is 0. The van der Waals surface area contributed by atoms with E-state index in [1.165, 1.54) is 16.7 Å². The van der Waals surface area contributed by atoms with Gasteiger partial charge in [0.2, 0.25) is 0 Å². The van der Waals surface area contributed by atoms with Gasteiger partial charge in [-0.2, -0.15) is 11.3 Å². The summed E-state index contributed by atoms with van der Waals surface area (Å²) in [5, 5.41) is 7.60. The lowest BCUT2D eigenvalue weighted by atomic mass is 10.0. The summed E-state index contributed by atoms with van der Waals surface area (Å²) in [5.41, 5.74) is 4.71. The first-order valence-electron chi connectivity index (χ1n) is 7.48. The van der Waals surface area contributed by atoms with Crippen LogP contribution in [0.1, 0.15) is 45.9 Å². The van der Waals surface area contributed by atoms with Crippen LogP contribution in [0.4, 0.5) is 0 Å². The maximum Gasteiger partial charge on any atom is 0.254 e. The van der Waals surface area contributed by atoms with E-state index in [1.54, 1.807) is 11.3 Å². The first kappa shape index (κ1) is 15.5. The van der Waals surface area contributed by atoms with Crippen LogP contribution in [-0.4, -0.2) is 17.4 Å². The highest BCUT2D eigenvalue weighted by Gasteiger charge is 2.31. The molecule has 1 atom stereocenters. The molecule has 116 valence electrons. The topological polar surface area (TPSA) is 32.3 Å². The third-order valence-electron chi connectivity index (χ3n) is 4.53. The molecule has 0 aliphatic carbocycles. The van der Waals surface area contributed by atoms with Gasteiger partial charge in [0, 0.05) is 25.2 Å². The predicted octanol–water partition coefficient (Wildman–Crippen LogP) is 3.75. The number of hydrogen-bond donors (Lipinski definition) is 1. The van der Waals surface area contributed by atoms with Crippen LogP contribution < -0.4 is 5.32 Å². The fraction of sp³-hybridized carbons (Fsp3) is 0.353. The molecule has 5 heteroatoms. The number of hydrogen-bond acceptors (Lipinski definition) is 3. The SMILES string of the molecule is Cl.O=C(c1ccc2c(c1)CNC2)N1CCCC1c1ccsc1. The van der Waals surface area contributed by atoms with Gasteiger partial charge >= 0.3 is 0 Å². The van der Waals surface area contributed by atoms with Crippen molar-refractivity contribution in [3.63, 3.8) is 0 Å². The number of nitrogens with one attached hydrogen (secondary N) is 1. The van der Waals surface area contributed by atoms with Crippen molar-refractivity contribution in [3.8, 4) is 0 Å². The van der Waals surface area contributed by atoms with Crippen molar-refractivity contribution in [1.82, 2.24) is 10.2 Å². The Morgan fingerprint density at radius 2 is 2.09 bits per heavy atom. The number of carbonyl (C=O) groups is 1. The van der Waals surface area contributed by atoms with E-state index in [0.717, 1.165) is 38.0 Å². The Hall–Kier alpha value is -1.36. The zero-order valence-corrected chi connectivity index (χ0v) is 13.9. The number of thiophene rings is 1. The van der Waals surface area contributed by atoms with Crippen LogP contribution in [0.25, 0.3) is 0 Å². The zero-order chi connectivity index (χ0) is 14.2. The molecule has 2 aromatic rings. The highest BCUT2D eigenvalue weighted by atomic mass is 35.5. The molecular weight excluding hydrogens is 316 g/mol. The molecule has 2 aliphatic heterocycles. The van der Waals surface area contributed by atoms with Crippen molar-refractivity contribution < 1.29 is 4.79 Å². The molecule has 2 aliphatic rings. The summed E-state index contributed by atoms with van der Waals surface area (Å²) in [5.74, 6) is 0.179. The van der Waals surface area contributed by atoms with Crippen molar-refractivity contribution in [3.05, 3.63) is 57.3 Å². The number of rotatable bonds is 2. The molecule has 1 fully saturated rings. The number of likely N-dealkylation sites (tertiary alicyclic amines) is 1. The first-order chi connectivity index (χ1) is 10.3. The monoisotopic (exact) mass is 334 g/mol. The summed E-state index contributed by atoms with van der Waals surface area (Å²) in [4.78, 5) is 14.9. The number of halogens is 1. The molecule has 0 spiro atoms. The Labute approximate surface area is 140 Å². The van der Waals surface area contributed by atoms with E-state index in [4.69, 9.17) is 0 Å². The third kappa shape index (κ3) is 2.67. The van der Waals surface area contributed by atoms with Crippen molar-refractivity contribution in [2.24, 2.45) is 0 Å². The van der Waals surface area contributed by atoms with Crippen LogP contribution in [0.3, 0.4) is 0 Å². The van der Waals surface area contributed by atoms with Gasteiger partial charge in [-0.15, -0.1) is 12.4 Å². The highest BCUT2D eigenvalue weighted by molar-refractivity contribution is 7.08. The van der Waals surface area contributed by atoms with E-state index in [9.17, 15) is 4.79 Å². The molecular formula is C17H19ClN2OS. The van der Waals surface area contributed by atoms with E-state index in [2.05, 4.69) is 34.3 Å². The van der Waals surface area contributed by atoms with E-state index < -0.39 is 0 Å². The van der Waals surface area contributed by atoms with E-state index in [1.807, 2.05) is 11.0 Å². The minimum Gasteiger partial charge on any atom is -0.332 e. The summed E-state index contributed by atoms with van der Waals surface area (Å²) >= 11 is 1.71. The molecule has 1 aromatic heterocycles. The highest BCUT2D eigenvalue weighted by Crippen LogP contribution is 2.34. The molecule has 0 saturated carbocycles. The summed E-state index contributed by atoms with van der Waals surface area (Å²) in [6.45, 7) is 2.67. The van der Waals surface area contributed by atoms with Crippen molar-refractivity contribution >= 4 is 29.7 Å². The normalized spacial score (nSPS) is 19.8. The lowest BCUT2D eigenvalue weighted by Crippen LogP contribution is -2.30. The average Bonchev–Trinajstić information content (AvgIpc) is 3.24. The van der Waals surface area contributed by atoms with Crippen LogP contribution in [0.2, 0.25) is 0 Å².